The summed E-state index contributed by atoms with van der Waals surface area (Å²) in [6.07, 6.45) is 5.21. The summed E-state index contributed by atoms with van der Waals surface area (Å²) in [6, 6.07) is 5.78. The first kappa shape index (κ1) is 10.4. The molecule has 0 aliphatic rings. The monoisotopic (exact) mass is 238 g/mol. The molecule has 2 rings (SSSR count). The molecule has 0 radical (unpaired) electrons. The van der Waals surface area contributed by atoms with Crippen LogP contribution in [-0.2, 0) is 5.88 Å². The second-order valence-electron chi connectivity index (χ2n) is 3.04. The average molecular weight is 239 g/mol. The van der Waals surface area contributed by atoms with E-state index < -0.39 is 0 Å². The lowest BCUT2D eigenvalue weighted by molar-refractivity contribution is 1.24. The van der Waals surface area contributed by atoms with Crippen LogP contribution in [0.25, 0.3) is 11.1 Å². The molecule has 2 aromatic rings. The molecule has 0 aliphatic heterocycles. The minimum absolute atomic E-state index is 0.366. The van der Waals surface area contributed by atoms with Crippen molar-refractivity contribution in [3.63, 3.8) is 0 Å². The molecule has 0 aromatic carbocycles. The van der Waals surface area contributed by atoms with Crippen molar-refractivity contribution in [1.29, 1.82) is 0 Å². The van der Waals surface area contributed by atoms with Gasteiger partial charge in [0, 0.05) is 29.7 Å². The van der Waals surface area contributed by atoms with Gasteiger partial charge in [-0.05, 0) is 23.8 Å². The Balaban J connectivity index is 2.46. The largest absolute Gasteiger partial charge is 0.265 e. The zero-order valence-electron chi connectivity index (χ0n) is 7.82. The quantitative estimate of drug-likeness (QED) is 0.591. The van der Waals surface area contributed by atoms with E-state index in [-0.39, 0.29) is 0 Å². The Bertz CT molecular complexity index is 457. The molecule has 2 aromatic heterocycles. The molecule has 2 nitrogen and oxygen atoms in total. The van der Waals surface area contributed by atoms with Gasteiger partial charge in [0.2, 0.25) is 0 Å². The summed E-state index contributed by atoms with van der Waals surface area (Å²) in [5.74, 6) is 0.366. The molecular weight excluding hydrogens is 231 g/mol. The molecule has 0 amide bonds. The van der Waals surface area contributed by atoms with Crippen LogP contribution in [0.15, 0.2) is 36.8 Å². The van der Waals surface area contributed by atoms with E-state index >= 15 is 0 Å². The smallest absolute Gasteiger partial charge is 0.133 e. The summed E-state index contributed by atoms with van der Waals surface area (Å²) in [5, 5.41) is 0.461. The average Bonchev–Trinajstić information content (AvgIpc) is 2.31. The highest BCUT2D eigenvalue weighted by Gasteiger charge is 2.03. The minimum atomic E-state index is 0.366. The third-order valence-corrected chi connectivity index (χ3v) is 2.70. The number of hydrogen-bond acceptors (Lipinski definition) is 2. The SMILES string of the molecule is ClCc1cc(-c2ccncc2)cnc1Cl. The maximum absolute atomic E-state index is 5.88. The van der Waals surface area contributed by atoms with Crippen molar-refractivity contribution in [3.8, 4) is 11.1 Å². The molecule has 0 aliphatic carbocycles. The molecule has 76 valence electrons. The summed E-state index contributed by atoms with van der Waals surface area (Å²) >= 11 is 11.6. The van der Waals surface area contributed by atoms with E-state index in [0.717, 1.165) is 16.7 Å². The van der Waals surface area contributed by atoms with Crippen molar-refractivity contribution >= 4 is 23.2 Å². The van der Waals surface area contributed by atoms with Crippen molar-refractivity contribution in [2.75, 3.05) is 0 Å². The standard InChI is InChI=1S/C11H8Cl2N2/c12-6-9-5-10(7-15-11(9)13)8-1-3-14-4-2-8/h1-5,7H,6H2. The number of pyridine rings is 2. The van der Waals surface area contributed by atoms with Crippen LogP contribution < -0.4 is 0 Å². The highest BCUT2D eigenvalue weighted by molar-refractivity contribution is 6.31. The lowest BCUT2D eigenvalue weighted by Crippen LogP contribution is -1.87. The third-order valence-electron chi connectivity index (χ3n) is 2.07. The predicted molar refractivity (Wildman–Crippen MR) is 62.0 cm³/mol. The first-order chi connectivity index (χ1) is 7.31. The van der Waals surface area contributed by atoms with Crippen molar-refractivity contribution in [1.82, 2.24) is 9.97 Å². The summed E-state index contributed by atoms with van der Waals surface area (Å²) in [4.78, 5) is 8.05. The number of alkyl halides is 1. The fourth-order valence-electron chi connectivity index (χ4n) is 1.29. The summed E-state index contributed by atoms with van der Waals surface area (Å²) in [7, 11) is 0. The Morgan fingerprint density at radius 2 is 1.87 bits per heavy atom. The molecule has 0 fully saturated rings. The Morgan fingerprint density at radius 3 is 2.53 bits per heavy atom. The number of hydrogen-bond donors (Lipinski definition) is 0. The molecule has 15 heavy (non-hydrogen) atoms. The van der Waals surface area contributed by atoms with Gasteiger partial charge in [-0.15, -0.1) is 11.6 Å². The van der Waals surface area contributed by atoms with Crippen molar-refractivity contribution in [2.45, 2.75) is 5.88 Å². The van der Waals surface area contributed by atoms with E-state index in [1.165, 1.54) is 0 Å². The van der Waals surface area contributed by atoms with Crippen LogP contribution in [0.1, 0.15) is 5.56 Å². The van der Waals surface area contributed by atoms with Gasteiger partial charge in [-0.2, -0.15) is 0 Å². The van der Waals surface area contributed by atoms with Gasteiger partial charge in [-0.1, -0.05) is 11.6 Å². The Hall–Kier alpha value is -1.12. The van der Waals surface area contributed by atoms with Gasteiger partial charge in [0.05, 0.1) is 5.88 Å². The van der Waals surface area contributed by atoms with Gasteiger partial charge in [-0.25, -0.2) is 4.98 Å². The van der Waals surface area contributed by atoms with Gasteiger partial charge in [0.1, 0.15) is 5.15 Å². The second kappa shape index (κ2) is 4.60. The van der Waals surface area contributed by atoms with Crippen molar-refractivity contribution in [3.05, 3.63) is 47.5 Å². The summed E-state index contributed by atoms with van der Waals surface area (Å²) in [5.41, 5.74) is 2.89. The number of nitrogens with zero attached hydrogens (tertiary/aromatic N) is 2. The van der Waals surface area contributed by atoms with Gasteiger partial charge < -0.3 is 0 Å². The molecule has 0 N–H and O–H groups in total. The van der Waals surface area contributed by atoms with Crippen LogP contribution in [-0.4, -0.2) is 9.97 Å². The van der Waals surface area contributed by atoms with Gasteiger partial charge in [0.25, 0.3) is 0 Å². The van der Waals surface area contributed by atoms with E-state index in [1.54, 1.807) is 18.6 Å². The fraction of sp³-hybridized carbons (Fsp3) is 0.0909. The predicted octanol–water partition coefficient (Wildman–Crippen LogP) is 3.54. The van der Waals surface area contributed by atoms with Crippen LogP contribution in [0.3, 0.4) is 0 Å². The molecular formula is C11H8Cl2N2. The molecule has 0 saturated heterocycles. The van der Waals surface area contributed by atoms with E-state index in [1.807, 2.05) is 18.2 Å². The topological polar surface area (TPSA) is 25.8 Å². The fourth-order valence-corrected chi connectivity index (χ4v) is 1.73. The first-order valence-electron chi connectivity index (χ1n) is 4.42. The molecule has 0 bridgehead atoms. The molecule has 0 spiro atoms. The summed E-state index contributed by atoms with van der Waals surface area (Å²) < 4.78 is 0. The van der Waals surface area contributed by atoms with Crippen LogP contribution in [0.4, 0.5) is 0 Å². The highest BCUT2D eigenvalue weighted by atomic mass is 35.5. The van der Waals surface area contributed by atoms with Crippen LogP contribution >= 0.6 is 23.2 Å². The van der Waals surface area contributed by atoms with Crippen molar-refractivity contribution in [2.24, 2.45) is 0 Å². The van der Waals surface area contributed by atoms with E-state index in [4.69, 9.17) is 23.2 Å². The van der Waals surface area contributed by atoms with E-state index in [2.05, 4.69) is 9.97 Å². The zero-order chi connectivity index (χ0) is 10.7. The van der Waals surface area contributed by atoms with Gasteiger partial charge in [0.15, 0.2) is 0 Å². The van der Waals surface area contributed by atoms with Gasteiger partial charge in [-0.3, -0.25) is 4.98 Å². The highest BCUT2D eigenvalue weighted by Crippen LogP contribution is 2.23. The second-order valence-corrected chi connectivity index (χ2v) is 3.67. The lowest BCUT2D eigenvalue weighted by Gasteiger charge is -2.04. The van der Waals surface area contributed by atoms with E-state index in [9.17, 15) is 0 Å². The number of aromatic nitrogens is 2. The Kier molecular flexibility index (Phi) is 3.19. The zero-order valence-corrected chi connectivity index (χ0v) is 9.33. The molecule has 0 unspecified atom stereocenters. The first-order valence-corrected chi connectivity index (χ1v) is 5.33. The number of rotatable bonds is 2. The summed E-state index contributed by atoms with van der Waals surface area (Å²) in [6.45, 7) is 0. The van der Waals surface area contributed by atoms with Crippen LogP contribution in [0, 0.1) is 0 Å². The number of halogens is 2. The molecule has 2 heterocycles. The van der Waals surface area contributed by atoms with Gasteiger partial charge >= 0.3 is 0 Å². The third kappa shape index (κ3) is 2.28. The Labute approximate surface area is 97.9 Å². The minimum Gasteiger partial charge on any atom is -0.265 e. The van der Waals surface area contributed by atoms with Crippen molar-refractivity contribution < 1.29 is 0 Å². The van der Waals surface area contributed by atoms with E-state index in [0.29, 0.717) is 11.0 Å². The molecule has 0 atom stereocenters. The maximum atomic E-state index is 5.88. The Morgan fingerprint density at radius 1 is 1.13 bits per heavy atom. The maximum Gasteiger partial charge on any atom is 0.133 e. The lowest BCUT2D eigenvalue weighted by atomic mass is 10.1. The van der Waals surface area contributed by atoms with Crippen LogP contribution in [0.2, 0.25) is 5.15 Å². The van der Waals surface area contributed by atoms with Crippen LogP contribution in [0.5, 0.6) is 0 Å². The molecule has 0 saturated carbocycles. The molecule has 4 heteroatoms. The normalized spacial score (nSPS) is 10.3.